The number of aryl methyl sites for hydroxylation is 2. The standard InChI is InChI=1S/C23H30N6O4/c1-14-16(7-8-19(25-14)33-3)21(31)15-9-11-29(12-10-15)20(30)6-4-5-18-26-22-17(23(32)27-18)13-24-28(22)2/h7,13-15H,4-6,8-12H2,1-3H3,(H,26,27,32). The summed E-state index contributed by atoms with van der Waals surface area (Å²) in [7, 11) is 3.33. The average molecular weight is 455 g/mol. The maximum Gasteiger partial charge on any atom is 0.262 e. The molecule has 10 heteroatoms. The SMILES string of the molecule is COC1=NC(C)C(C(=O)C2CCN(C(=O)CCCc3nc4c(cnn4C)c(=O)[nH]3)CC2)=CC1. The van der Waals surface area contributed by atoms with E-state index in [-0.39, 0.29) is 29.2 Å². The maximum atomic E-state index is 13.0. The van der Waals surface area contributed by atoms with Crippen molar-refractivity contribution in [3.63, 3.8) is 0 Å². The zero-order chi connectivity index (χ0) is 23.5. The van der Waals surface area contributed by atoms with Crippen molar-refractivity contribution in [3.05, 3.63) is 34.0 Å². The Morgan fingerprint density at radius 2 is 2.03 bits per heavy atom. The number of H-pyrrole nitrogens is 1. The molecule has 1 fully saturated rings. The van der Waals surface area contributed by atoms with Gasteiger partial charge in [0.25, 0.3) is 5.56 Å². The van der Waals surface area contributed by atoms with Crippen LogP contribution in [0.2, 0.25) is 0 Å². The predicted molar refractivity (Wildman–Crippen MR) is 123 cm³/mol. The van der Waals surface area contributed by atoms with Crippen LogP contribution in [0.5, 0.6) is 0 Å². The van der Waals surface area contributed by atoms with Gasteiger partial charge in [0.1, 0.15) is 11.2 Å². The molecule has 10 nitrogen and oxygen atoms in total. The van der Waals surface area contributed by atoms with Crippen LogP contribution in [-0.4, -0.2) is 68.5 Å². The third kappa shape index (κ3) is 4.89. The van der Waals surface area contributed by atoms with E-state index in [9.17, 15) is 14.4 Å². The molecule has 33 heavy (non-hydrogen) atoms. The molecule has 0 radical (unpaired) electrons. The summed E-state index contributed by atoms with van der Waals surface area (Å²) in [4.78, 5) is 51.3. The van der Waals surface area contributed by atoms with Gasteiger partial charge in [-0.3, -0.25) is 19.1 Å². The number of aromatic amines is 1. The number of likely N-dealkylation sites (tertiary alicyclic amines) is 1. The molecule has 1 saturated heterocycles. The number of methoxy groups -OCH3 is 1. The van der Waals surface area contributed by atoms with Crippen LogP contribution in [0, 0.1) is 5.92 Å². The van der Waals surface area contributed by atoms with Crippen molar-refractivity contribution in [2.24, 2.45) is 18.0 Å². The summed E-state index contributed by atoms with van der Waals surface area (Å²) in [6.07, 6.45) is 6.79. The van der Waals surface area contributed by atoms with Crippen LogP contribution in [-0.2, 0) is 27.8 Å². The van der Waals surface area contributed by atoms with Gasteiger partial charge in [-0.15, -0.1) is 0 Å². The molecule has 0 aromatic carbocycles. The number of dihydropyridines is 1. The van der Waals surface area contributed by atoms with Crippen molar-refractivity contribution in [1.82, 2.24) is 24.6 Å². The molecule has 0 aliphatic carbocycles. The first kappa shape index (κ1) is 22.9. The van der Waals surface area contributed by atoms with Crippen molar-refractivity contribution < 1.29 is 14.3 Å². The van der Waals surface area contributed by atoms with Crippen LogP contribution < -0.4 is 5.56 Å². The largest absolute Gasteiger partial charge is 0.484 e. The first-order valence-corrected chi connectivity index (χ1v) is 11.4. The number of aliphatic imine (C=N–C) groups is 1. The minimum Gasteiger partial charge on any atom is -0.484 e. The Morgan fingerprint density at radius 1 is 1.27 bits per heavy atom. The lowest BCUT2D eigenvalue weighted by atomic mass is 9.85. The number of rotatable bonds is 6. The fourth-order valence-corrected chi connectivity index (χ4v) is 4.54. The average Bonchev–Trinajstić information content (AvgIpc) is 3.19. The smallest absolute Gasteiger partial charge is 0.262 e. The van der Waals surface area contributed by atoms with Gasteiger partial charge >= 0.3 is 0 Å². The van der Waals surface area contributed by atoms with Crippen molar-refractivity contribution in [1.29, 1.82) is 0 Å². The zero-order valence-electron chi connectivity index (χ0n) is 19.3. The summed E-state index contributed by atoms with van der Waals surface area (Å²) in [5.74, 6) is 1.36. The number of nitrogens with one attached hydrogen (secondary N) is 1. The number of ether oxygens (including phenoxy) is 1. The van der Waals surface area contributed by atoms with E-state index in [0.717, 1.165) is 5.57 Å². The van der Waals surface area contributed by atoms with Gasteiger partial charge in [0.05, 0.1) is 19.3 Å². The number of ketones is 1. The normalized spacial score (nSPS) is 19.4. The number of carbonyl (C=O) groups is 2. The maximum absolute atomic E-state index is 13.0. The molecule has 1 atom stereocenters. The summed E-state index contributed by atoms with van der Waals surface area (Å²) >= 11 is 0. The minimum atomic E-state index is -0.215. The Balaban J connectivity index is 1.25. The number of piperidine rings is 1. The summed E-state index contributed by atoms with van der Waals surface area (Å²) in [6, 6.07) is -0.188. The molecule has 4 heterocycles. The summed E-state index contributed by atoms with van der Waals surface area (Å²) in [6.45, 7) is 3.08. The number of amides is 1. The fourth-order valence-electron chi connectivity index (χ4n) is 4.54. The number of aromatic nitrogens is 4. The van der Waals surface area contributed by atoms with Gasteiger partial charge in [0, 0.05) is 50.9 Å². The molecule has 0 saturated carbocycles. The lowest BCUT2D eigenvalue weighted by Crippen LogP contribution is -2.41. The van der Waals surface area contributed by atoms with Gasteiger partial charge in [-0.25, -0.2) is 9.98 Å². The monoisotopic (exact) mass is 454 g/mol. The molecule has 2 aromatic heterocycles. The highest BCUT2D eigenvalue weighted by molar-refractivity contribution is 6.00. The number of Topliss-reactive ketones (excluding diaryl/α,β-unsaturated/α-hetero) is 1. The van der Waals surface area contributed by atoms with E-state index >= 15 is 0 Å². The van der Waals surface area contributed by atoms with Crippen molar-refractivity contribution in [2.45, 2.75) is 51.5 Å². The van der Waals surface area contributed by atoms with Crippen LogP contribution >= 0.6 is 0 Å². The highest BCUT2D eigenvalue weighted by atomic mass is 16.5. The Labute approximate surface area is 191 Å². The molecule has 2 aliphatic rings. The summed E-state index contributed by atoms with van der Waals surface area (Å²) in [5.41, 5.74) is 1.08. The van der Waals surface area contributed by atoms with E-state index < -0.39 is 0 Å². The van der Waals surface area contributed by atoms with E-state index in [0.29, 0.717) is 74.4 Å². The molecule has 2 aromatic rings. The van der Waals surface area contributed by atoms with Gasteiger partial charge in [-0.1, -0.05) is 6.08 Å². The quantitative estimate of drug-likeness (QED) is 0.707. The van der Waals surface area contributed by atoms with E-state index in [1.807, 2.05) is 17.9 Å². The lowest BCUT2D eigenvalue weighted by Gasteiger charge is -2.32. The van der Waals surface area contributed by atoms with E-state index in [2.05, 4.69) is 20.1 Å². The zero-order valence-corrected chi connectivity index (χ0v) is 19.3. The summed E-state index contributed by atoms with van der Waals surface area (Å²) < 4.78 is 6.75. The molecule has 0 spiro atoms. The van der Waals surface area contributed by atoms with Crippen LogP contribution in [0.15, 0.2) is 27.6 Å². The second kappa shape index (κ2) is 9.68. The van der Waals surface area contributed by atoms with Crippen LogP contribution in [0.25, 0.3) is 11.0 Å². The van der Waals surface area contributed by atoms with Gasteiger partial charge in [0.2, 0.25) is 5.91 Å². The molecule has 1 N–H and O–H groups in total. The molecule has 2 aliphatic heterocycles. The third-order valence-corrected chi connectivity index (χ3v) is 6.48. The molecule has 1 unspecified atom stereocenters. The second-order valence-corrected chi connectivity index (χ2v) is 8.66. The van der Waals surface area contributed by atoms with E-state index in [4.69, 9.17) is 4.74 Å². The second-order valence-electron chi connectivity index (χ2n) is 8.66. The van der Waals surface area contributed by atoms with Gasteiger partial charge in [-0.05, 0) is 26.2 Å². The number of fused-ring (bicyclic) bond motifs is 1. The number of nitrogens with zero attached hydrogens (tertiary/aromatic N) is 5. The third-order valence-electron chi connectivity index (χ3n) is 6.48. The first-order valence-electron chi connectivity index (χ1n) is 11.4. The van der Waals surface area contributed by atoms with Crippen LogP contribution in [0.3, 0.4) is 0 Å². The van der Waals surface area contributed by atoms with Gasteiger partial charge in [-0.2, -0.15) is 5.10 Å². The molecule has 1 amide bonds. The van der Waals surface area contributed by atoms with Gasteiger partial charge in [0.15, 0.2) is 17.3 Å². The molecular weight excluding hydrogens is 424 g/mol. The van der Waals surface area contributed by atoms with Crippen molar-refractivity contribution >= 4 is 28.6 Å². The minimum absolute atomic E-state index is 0.0676. The van der Waals surface area contributed by atoms with Crippen LogP contribution in [0.1, 0.15) is 44.9 Å². The molecule has 0 bridgehead atoms. The van der Waals surface area contributed by atoms with Crippen molar-refractivity contribution in [2.75, 3.05) is 20.2 Å². The molecule has 176 valence electrons. The van der Waals surface area contributed by atoms with Crippen molar-refractivity contribution in [3.8, 4) is 0 Å². The number of hydrogen-bond donors (Lipinski definition) is 1. The lowest BCUT2D eigenvalue weighted by molar-refractivity contribution is -0.134. The number of carbonyl (C=O) groups excluding carboxylic acids is 2. The predicted octanol–water partition coefficient (Wildman–Crippen LogP) is 1.55. The van der Waals surface area contributed by atoms with Gasteiger partial charge < -0.3 is 14.6 Å². The van der Waals surface area contributed by atoms with E-state index in [1.54, 1.807) is 18.8 Å². The van der Waals surface area contributed by atoms with Crippen LogP contribution in [0.4, 0.5) is 0 Å². The molecule has 4 rings (SSSR count). The number of hydrogen-bond acceptors (Lipinski definition) is 7. The highest BCUT2D eigenvalue weighted by Crippen LogP contribution is 2.26. The Hall–Kier alpha value is -3.30. The van der Waals surface area contributed by atoms with E-state index in [1.165, 1.54) is 6.20 Å². The highest BCUT2D eigenvalue weighted by Gasteiger charge is 2.31. The Bertz CT molecular complexity index is 1170. The first-order chi connectivity index (χ1) is 15.9. The topological polar surface area (TPSA) is 123 Å². The summed E-state index contributed by atoms with van der Waals surface area (Å²) in [5, 5.41) is 4.52. The molecular formula is C23H30N6O4. The fraction of sp³-hybridized carbons (Fsp3) is 0.565. The Morgan fingerprint density at radius 3 is 2.73 bits per heavy atom. The Kier molecular flexibility index (Phi) is 6.71.